The minimum atomic E-state index is -0.550. The van der Waals surface area contributed by atoms with Crippen molar-refractivity contribution >= 4 is 18.1 Å². The van der Waals surface area contributed by atoms with Crippen LogP contribution in [-0.4, -0.2) is 42.4 Å². The molecule has 0 bridgehead atoms. The van der Waals surface area contributed by atoms with Crippen molar-refractivity contribution in [2.45, 2.75) is 19.4 Å². The smallest absolute Gasteiger partial charge is 0.315 e. The first-order valence-electron chi connectivity index (χ1n) is 6.90. The summed E-state index contributed by atoms with van der Waals surface area (Å²) in [6, 6.07) is 3.06. The topological polar surface area (TPSA) is 113 Å². The van der Waals surface area contributed by atoms with Crippen molar-refractivity contribution in [3.8, 4) is 23.0 Å². The molecule has 0 aliphatic rings. The molecule has 2 rings (SSSR count). The molecule has 0 amide bonds. The fourth-order valence-corrected chi connectivity index (χ4v) is 2.03. The van der Waals surface area contributed by atoms with Crippen LogP contribution in [0.2, 0.25) is 0 Å². The van der Waals surface area contributed by atoms with Crippen molar-refractivity contribution in [2.75, 3.05) is 21.3 Å². The molecule has 1 atom stereocenters. The number of nitro groups is 1. The Labute approximate surface area is 144 Å². The molecule has 10 heteroatoms. The zero-order valence-corrected chi connectivity index (χ0v) is 14.5. The largest absolute Gasteiger partial charge is 0.493 e. The van der Waals surface area contributed by atoms with Gasteiger partial charge in [-0.3, -0.25) is 10.1 Å². The second-order valence-corrected chi connectivity index (χ2v) is 4.90. The van der Waals surface area contributed by atoms with Crippen LogP contribution >= 0.6 is 12.4 Å². The molecule has 0 aliphatic carbocycles. The molecule has 0 aliphatic heterocycles. The van der Waals surface area contributed by atoms with E-state index in [1.165, 1.54) is 20.3 Å². The Balaban J connectivity index is 0.00000288. The summed E-state index contributed by atoms with van der Waals surface area (Å²) in [6.45, 7) is 1.98. The maximum atomic E-state index is 11.2. The van der Waals surface area contributed by atoms with Crippen LogP contribution in [-0.2, 0) is 6.42 Å². The first kappa shape index (κ1) is 19.7. The standard InChI is InChI=1S/C14H18N4O5.ClH/c1-8(15-2)5-12-16-14(23-17-12)9-6-10(18(19)20)13(22-4)11(7-9)21-3;/h6-8,15H,5H2,1-4H3;1H. The van der Waals surface area contributed by atoms with E-state index in [0.717, 1.165) is 0 Å². The lowest BCUT2D eigenvalue weighted by molar-refractivity contribution is -0.385. The number of nitrogens with one attached hydrogen (secondary N) is 1. The fraction of sp³-hybridized carbons (Fsp3) is 0.429. The lowest BCUT2D eigenvalue weighted by atomic mass is 10.1. The van der Waals surface area contributed by atoms with E-state index in [1.807, 2.05) is 14.0 Å². The van der Waals surface area contributed by atoms with Gasteiger partial charge in [-0.25, -0.2) is 0 Å². The van der Waals surface area contributed by atoms with Crippen LogP contribution in [0.4, 0.5) is 5.69 Å². The quantitative estimate of drug-likeness (QED) is 0.592. The van der Waals surface area contributed by atoms with Crippen LogP contribution in [0.15, 0.2) is 16.7 Å². The lowest BCUT2D eigenvalue weighted by Crippen LogP contribution is -2.24. The lowest BCUT2D eigenvalue weighted by Gasteiger charge is -2.08. The molecule has 24 heavy (non-hydrogen) atoms. The Hall–Kier alpha value is -2.39. The molecule has 0 radical (unpaired) electrons. The number of methoxy groups -OCH3 is 2. The van der Waals surface area contributed by atoms with Crippen LogP contribution in [0, 0.1) is 10.1 Å². The molecule has 1 unspecified atom stereocenters. The van der Waals surface area contributed by atoms with Gasteiger partial charge in [-0.1, -0.05) is 5.16 Å². The minimum absolute atomic E-state index is 0. The van der Waals surface area contributed by atoms with Gasteiger partial charge in [0.1, 0.15) is 0 Å². The van der Waals surface area contributed by atoms with Crippen LogP contribution in [0.25, 0.3) is 11.5 Å². The summed E-state index contributed by atoms with van der Waals surface area (Å²) >= 11 is 0. The zero-order valence-electron chi connectivity index (χ0n) is 13.7. The Morgan fingerprint density at radius 2 is 2.08 bits per heavy atom. The first-order valence-corrected chi connectivity index (χ1v) is 6.90. The number of hydrogen-bond acceptors (Lipinski definition) is 8. The van der Waals surface area contributed by atoms with E-state index in [4.69, 9.17) is 14.0 Å². The van der Waals surface area contributed by atoms with Crippen LogP contribution in [0.1, 0.15) is 12.7 Å². The first-order chi connectivity index (χ1) is 11.0. The second kappa shape index (κ2) is 8.46. The number of ether oxygens (including phenoxy) is 2. The van der Waals surface area contributed by atoms with Gasteiger partial charge in [-0.2, -0.15) is 4.98 Å². The van der Waals surface area contributed by atoms with Crippen molar-refractivity contribution in [3.63, 3.8) is 0 Å². The highest BCUT2D eigenvalue weighted by atomic mass is 35.5. The van der Waals surface area contributed by atoms with Crippen molar-refractivity contribution in [2.24, 2.45) is 0 Å². The summed E-state index contributed by atoms with van der Waals surface area (Å²) < 4.78 is 15.4. The van der Waals surface area contributed by atoms with Gasteiger partial charge in [-0.05, 0) is 20.0 Å². The molecule has 1 N–H and O–H groups in total. The maximum Gasteiger partial charge on any atom is 0.315 e. The highest BCUT2D eigenvalue weighted by Crippen LogP contribution is 2.40. The number of aromatic nitrogens is 2. The predicted octanol–water partition coefficient (Wildman–Crippen LogP) is 2.23. The van der Waals surface area contributed by atoms with Crippen molar-refractivity contribution in [1.82, 2.24) is 15.5 Å². The molecular weight excluding hydrogens is 340 g/mol. The molecule has 0 saturated carbocycles. The van der Waals surface area contributed by atoms with Gasteiger partial charge in [0.2, 0.25) is 5.75 Å². The summed E-state index contributed by atoms with van der Waals surface area (Å²) in [6.07, 6.45) is 0.579. The molecule has 0 spiro atoms. The summed E-state index contributed by atoms with van der Waals surface area (Å²) in [7, 11) is 4.58. The second-order valence-electron chi connectivity index (χ2n) is 4.90. The van der Waals surface area contributed by atoms with Crippen molar-refractivity contribution in [3.05, 3.63) is 28.1 Å². The van der Waals surface area contributed by atoms with E-state index in [0.29, 0.717) is 17.8 Å². The van der Waals surface area contributed by atoms with Crippen LogP contribution in [0.3, 0.4) is 0 Å². The number of rotatable bonds is 7. The maximum absolute atomic E-state index is 11.2. The molecule has 1 aromatic carbocycles. The number of likely N-dealkylation sites (N-methyl/N-ethyl adjacent to an activating group) is 1. The van der Waals surface area contributed by atoms with Crippen LogP contribution in [0.5, 0.6) is 11.5 Å². The molecule has 1 aromatic heterocycles. The highest BCUT2D eigenvalue weighted by Gasteiger charge is 2.24. The Kier molecular flexibility index (Phi) is 6.93. The average Bonchev–Trinajstić information content (AvgIpc) is 3.01. The van der Waals surface area contributed by atoms with Gasteiger partial charge in [0.05, 0.1) is 24.7 Å². The SMILES string of the molecule is CNC(C)Cc1noc(-c2cc(OC)c(OC)c([N+](=O)[O-])c2)n1.Cl. The number of halogens is 1. The van der Waals surface area contributed by atoms with Gasteiger partial charge in [0, 0.05) is 18.5 Å². The van der Waals surface area contributed by atoms with E-state index in [-0.39, 0.29) is 41.5 Å². The summed E-state index contributed by atoms with van der Waals surface area (Å²) in [4.78, 5) is 14.9. The van der Waals surface area contributed by atoms with E-state index in [2.05, 4.69) is 15.5 Å². The number of nitro benzene ring substituents is 1. The molecule has 0 fully saturated rings. The van der Waals surface area contributed by atoms with Crippen LogP contribution < -0.4 is 14.8 Å². The minimum Gasteiger partial charge on any atom is -0.493 e. The van der Waals surface area contributed by atoms with E-state index < -0.39 is 4.92 Å². The van der Waals surface area contributed by atoms with Gasteiger partial charge in [0.25, 0.3) is 5.89 Å². The molecular formula is C14H19ClN4O5. The summed E-state index contributed by atoms with van der Waals surface area (Å²) in [5.74, 6) is 0.969. The number of benzene rings is 1. The summed E-state index contributed by atoms with van der Waals surface area (Å²) in [5.41, 5.74) is 0.162. The Morgan fingerprint density at radius 3 is 2.62 bits per heavy atom. The molecule has 0 saturated heterocycles. The summed E-state index contributed by atoms with van der Waals surface area (Å²) in [5, 5.41) is 18.2. The highest BCUT2D eigenvalue weighted by molar-refractivity contribution is 5.85. The number of nitrogens with zero attached hydrogens (tertiary/aromatic N) is 3. The van der Waals surface area contributed by atoms with Crippen molar-refractivity contribution in [1.29, 1.82) is 0 Å². The van der Waals surface area contributed by atoms with Gasteiger partial charge in [-0.15, -0.1) is 12.4 Å². The Bertz CT molecular complexity index is 706. The number of hydrogen-bond donors (Lipinski definition) is 1. The third kappa shape index (κ3) is 4.12. The third-order valence-corrected chi connectivity index (χ3v) is 3.35. The van der Waals surface area contributed by atoms with Gasteiger partial charge in [0.15, 0.2) is 11.6 Å². The fourth-order valence-electron chi connectivity index (χ4n) is 2.03. The predicted molar refractivity (Wildman–Crippen MR) is 89.0 cm³/mol. The van der Waals surface area contributed by atoms with E-state index in [9.17, 15) is 10.1 Å². The molecule has 2 aromatic rings. The van der Waals surface area contributed by atoms with Gasteiger partial charge < -0.3 is 19.3 Å². The van der Waals surface area contributed by atoms with Gasteiger partial charge >= 0.3 is 5.69 Å². The van der Waals surface area contributed by atoms with E-state index >= 15 is 0 Å². The molecule has 9 nitrogen and oxygen atoms in total. The Morgan fingerprint density at radius 1 is 1.38 bits per heavy atom. The normalized spacial score (nSPS) is 11.5. The monoisotopic (exact) mass is 358 g/mol. The molecule has 1 heterocycles. The third-order valence-electron chi connectivity index (χ3n) is 3.35. The molecule has 132 valence electrons. The zero-order chi connectivity index (χ0) is 17.0. The van der Waals surface area contributed by atoms with E-state index in [1.54, 1.807) is 6.07 Å². The average molecular weight is 359 g/mol. The van der Waals surface area contributed by atoms with Crippen molar-refractivity contribution < 1.29 is 18.9 Å².